The van der Waals surface area contributed by atoms with Gasteiger partial charge in [-0.25, -0.2) is 4.98 Å². The van der Waals surface area contributed by atoms with E-state index in [1.165, 1.54) is 36.4 Å². The third-order valence-electron chi connectivity index (χ3n) is 2.37. The molecular formula is C13H7N3O4. The fourth-order valence-corrected chi connectivity index (χ4v) is 1.48. The number of hydrogen-bond donors (Lipinski definition) is 0. The van der Waals surface area contributed by atoms with Gasteiger partial charge in [-0.3, -0.25) is 14.9 Å². The topological polar surface area (TPSA) is 106 Å². The van der Waals surface area contributed by atoms with Crippen molar-refractivity contribution in [2.75, 3.05) is 0 Å². The van der Waals surface area contributed by atoms with Crippen molar-refractivity contribution >= 4 is 12.0 Å². The van der Waals surface area contributed by atoms with Crippen LogP contribution in [0.4, 0.5) is 5.69 Å². The monoisotopic (exact) mass is 269 g/mol. The summed E-state index contributed by atoms with van der Waals surface area (Å²) in [7, 11) is 0. The Hall–Kier alpha value is -3.27. The molecule has 0 aliphatic carbocycles. The van der Waals surface area contributed by atoms with Crippen molar-refractivity contribution in [3.8, 4) is 17.7 Å². The van der Waals surface area contributed by atoms with Gasteiger partial charge in [-0.2, -0.15) is 5.26 Å². The van der Waals surface area contributed by atoms with Gasteiger partial charge in [0.2, 0.25) is 11.6 Å². The van der Waals surface area contributed by atoms with E-state index < -0.39 is 4.92 Å². The number of nitro groups is 1. The lowest BCUT2D eigenvalue weighted by Gasteiger charge is -2.05. The molecule has 2 rings (SSSR count). The number of benzene rings is 1. The summed E-state index contributed by atoms with van der Waals surface area (Å²) in [5, 5.41) is 19.6. The molecule has 7 nitrogen and oxygen atoms in total. The van der Waals surface area contributed by atoms with Gasteiger partial charge in [-0.15, -0.1) is 0 Å². The minimum atomic E-state index is -0.627. The zero-order chi connectivity index (χ0) is 14.5. The molecule has 7 heteroatoms. The average Bonchev–Trinajstić information content (AvgIpc) is 2.47. The molecule has 0 atom stereocenters. The Morgan fingerprint density at radius 1 is 1.35 bits per heavy atom. The SMILES string of the molecule is N#Cc1cccc(Oc2cc(C=O)ccc2[N+](=O)[O-])n1. The number of ether oxygens (including phenoxy) is 1. The van der Waals surface area contributed by atoms with Crippen LogP contribution < -0.4 is 4.74 Å². The highest BCUT2D eigenvalue weighted by atomic mass is 16.6. The van der Waals surface area contributed by atoms with Crippen LogP contribution in [0.3, 0.4) is 0 Å². The van der Waals surface area contributed by atoms with Crippen molar-refractivity contribution < 1.29 is 14.5 Å². The zero-order valence-electron chi connectivity index (χ0n) is 10.0. The first-order valence-electron chi connectivity index (χ1n) is 5.42. The van der Waals surface area contributed by atoms with Crippen molar-refractivity contribution in [1.82, 2.24) is 4.98 Å². The van der Waals surface area contributed by atoms with Crippen molar-refractivity contribution in [2.45, 2.75) is 0 Å². The van der Waals surface area contributed by atoms with E-state index in [-0.39, 0.29) is 28.6 Å². The summed E-state index contributed by atoms with van der Waals surface area (Å²) in [4.78, 5) is 24.8. The second-order valence-corrected chi connectivity index (χ2v) is 3.68. The fourth-order valence-electron chi connectivity index (χ4n) is 1.48. The van der Waals surface area contributed by atoms with Crippen LogP contribution in [0.5, 0.6) is 11.6 Å². The molecule has 2 aromatic rings. The number of aromatic nitrogens is 1. The predicted octanol–water partition coefficient (Wildman–Crippen LogP) is 2.47. The molecular weight excluding hydrogens is 262 g/mol. The van der Waals surface area contributed by atoms with E-state index in [1.807, 2.05) is 6.07 Å². The second-order valence-electron chi connectivity index (χ2n) is 3.68. The molecule has 1 heterocycles. The first-order valence-corrected chi connectivity index (χ1v) is 5.42. The Morgan fingerprint density at radius 3 is 2.80 bits per heavy atom. The van der Waals surface area contributed by atoms with Crippen molar-refractivity contribution in [1.29, 1.82) is 5.26 Å². The molecule has 20 heavy (non-hydrogen) atoms. The van der Waals surface area contributed by atoms with Crippen LogP contribution in [0.25, 0.3) is 0 Å². The minimum absolute atomic E-state index is 0.0372. The van der Waals surface area contributed by atoms with Gasteiger partial charge in [0.15, 0.2) is 0 Å². The van der Waals surface area contributed by atoms with Gasteiger partial charge >= 0.3 is 5.69 Å². The van der Waals surface area contributed by atoms with Crippen LogP contribution in [0, 0.1) is 21.4 Å². The first-order chi connectivity index (χ1) is 9.63. The molecule has 0 aliphatic heterocycles. The maximum absolute atomic E-state index is 10.9. The number of aldehydes is 1. The highest BCUT2D eigenvalue weighted by molar-refractivity contribution is 5.77. The Bertz CT molecular complexity index is 722. The Morgan fingerprint density at radius 2 is 2.15 bits per heavy atom. The van der Waals surface area contributed by atoms with E-state index in [1.54, 1.807) is 0 Å². The molecule has 0 saturated carbocycles. The normalized spacial score (nSPS) is 9.55. The lowest BCUT2D eigenvalue weighted by Crippen LogP contribution is -1.96. The fraction of sp³-hybridized carbons (Fsp3) is 0. The van der Waals surface area contributed by atoms with Gasteiger partial charge in [0, 0.05) is 17.7 Å². The van der Waals surface area contributed by atoms with E-state index in [2.05, 4.69) is 4.98 Å². The largest absolute Gasteiger partial charge is 0.432 e. The number of rotatable bonds is 4. The van der Waals surface area contributed by atoms with E-state index in [9.17, 15) is 14.9 Å². The van der Waals surface area contributed by atoms with Crippen LogP contribution in [0.1, 0.15) is 16.1 Å². The van der Waals surface area contributed by atoms with E-state index in [0.717, 1.165) is 0 Å². The third-order valence-corrected chi connectivity index (χ3v) is 2.37. The van der Waals surface area contributed by atoms with Crippen LogP contribution in [0.15, 0.2) is 36.4 Å². The summed E-state index contributed by atoms with van der Waals surface area (Å²) >= 11 is 0. The molecule has 0 bridgehead atoms. The Labute approximate surface area is 113 Å². The van der Waals surface area contributed by atoms with E-state index in [4.69, 9.17) is 10.00 Å². The second kappa shape index (κ2) is 5.58. The highest BCUT2D eigenvalue weighted by Gasteiger charge is 2.17. The Balaban J connectivity index is 2.43. The number of nitro benzene ring substituents is 1. The first kappa shape index (κ1) is 13.2. The van der Waals surface area contributed by atoms with Crippen molar-refractivity contribution in [3.63, 3.8) is 0 Å². The molecule has 0 N–H and O–H groups in total. The quantitative estimate of drug-likeness (QED) is 0.479. The van der Waals surface area contributed by atoms with E-state index in [0.29, 0.717) is 6.29 Å². The summed E-state index contributed by atoms with van der Waals surface area (Å²) in [6, 6.07) is 10.0. The molecule has 0 unspecified atom stereocenters. The van der Waals surface area contributed by atoms with Gasteiger partial charge in [0.05, 0.1) is 4.92 Å². The summed E-state index contributed by atoms with van der Waals surface area (Å²) in [5.74, 6) is -0.0719. The van der Waals surface area contributed by atoms with Crippen LogP contribution >= 0.6 is 0 Å². The highest BCUT2D eigenvalue weighted by Crippen LogP contribution is 2.31. The molecule has 0 radical (unpaired) electrons. The number of pyridine rings is 1. The summed E-state index contributed by atoms with van der Waals surface area (Å²) in [5.41, 5.74) is 0.0680. The standard InChI is InChI=1S/C13H7N3O4/c14-7-10-2-1-3-13(15-10)20-12-6-9(8-17)4-5-11(12)16(18)19/h1-6,8H. The summed E-state index contributed by atoms with van der Waals surface area (Å²) in [6.07, 6.45) is 0.551. The molecule has 0 spiro atoms. The molecule has 0 saturated heterocycles. The van der Waals surface area contributed by atoms with Gasteiger partial charge in [-0.1, -0.05) is 6.07 Å². The number of carbonyl (C=O) groups excluding carboxylic acids is 1. The maximum Gasteiger partial charge on any atom is 0.311 e. The zero-order valence-corrected chi connectivity index (χ0v) is 10.0. The Kier molecular flexibility index (Phi) is 3.67. The van der Waals surface area contributed by atoms with Gasteiger partial charge in [0.25, 0.3) is 0 Å². The minimum Gasteiger partial charge on any atom is -0.432 e. The third kappa shape index (κ3) is 2.76. The molecule has 1 aromatic heterocycles. The van der Waals surface area contributed by atoms with Crippen LogP contribution in [0.2, 0.25) is 0 Å². The lowest BCUT2D eigenvalue weighted by molar-refractivity contribution is -0.385. The van der Waals surface area contributed by atoms with Crippen LogP contribution in [-0.4, -0.2) is 16.2 Å². The molecule has 0 aliphatic rings. The average molecular weight is 269 g/mol. The van der Waals surface area contributed by atoms with E-state index >= 15 is 0 Å². The maximum atomic E-state index is 10.9. The molecule has 1 aromatic carbocycles. The van der Waals surface area contributed by atoms with Gasteiger partial charge in [0.1, 0.15) is 18.0 Å². The smallest absolute Gasteiger partial charge is 0.311 e. The van der Waals surface area contributed by atoms with Crippen molar-refractivity contribution in [2.24, 2.45) is 0 Å². The number of nitrogens with zero attached hydrogens (tertiary/aromatic N) is 3. The predicted molar refractivity (Wildman–Crippen MR) is 67.5 cm³/mol. The summed E-state index contributed by atoms with van der Waals surface area (Å²) < 4.78 is 5.29. The van der Waals surface area contributed by atoms with Gasteiger partial charge in [-0.05, 0) is 18.2 Å². The van der Waals surface area contributed by atoms with Crippen molar-refractivity contribution in [3.05, 3.63) is 57.8 Å². The van der Waals surface area contributed by atoms with Crippen LogP contribution in [-0.2, 0) is 0 Å². The molecule has 0 amide bonds. The van der Waals surface area contributed by atoms with Gasteiger partial charge < -0.3 is 4.74 Å². The number of nitriles is 1. The molecule has 0 fully saturated rings. The lowest BCUT2D eigenvalue weighted by atomic mass is 10.2. The number of carbonyl (C=O) groups is 1. The molecule has 98 valence electrons. The summed E-state index contributed by atoms with van der Waals surface area (Å²) in [6.45, 7) is 0. The number of hydrogen-bond acceptors (Lipinski definition) is 6.